The van der Waals surface area contributed by atoms with E-state index in [-0.39, 0.29) is 11.4 Å². The molecule has 5 nitrogen and oxygen atoms in total. The molecule has 0 aliphatic carbocycles. The summed E-state index contributed by atoms with van der Waals surface area (Å²) < 4.78 is 88.3. The molecule has 1 N–H and O–H groups in total. The van der Waals surface area contributed by atoms with Crippen molar-refractivity contribution in [3.05, 3.63) is 59.7 Å². The zero-order valence-electron chi connectivity index (χ0n) is 13.7. The third-order valence-corrected chi connectivity index (χ3v) is 4.51. The molecular formula is C16H13F5N2O3S. The van der Waals surface area contributed by atoms with E-state index in [1.807, 2.05) is 0 Å². The largest absolute Gasteiger partial charge is 0.416 e. The van der Waals surface area contributed by atoms with Crippen molar-refractivity contribution in [1.29, 1.82) is 0 Å². The molecule has 0 aromatic heterocycles. The van der Waals surface area contributed by atoms with Crippen molar-refractivity contribution < 1.29 is 35.2 Å². The van der Waals surface area contributed by atoms with Gasteiger partial charge in [-0.25, -0.2) is 17.2 Å². The summed E-state index contributed by atoms with van der Waals surface area (Å²) in [5.41, 5.74) is -1.25. The van der Waals surface area contributed by atoms with Crippen LogP contribution in [0.4, 0.5) is 33.3 Å². The number of alkyl halides is 3. The fourth-order valence-electron chi connectivity index (χ4n) is 2.12. The Morgan fingerprint density at radius 1 is 1.04 bits per heavy atom. The third kappa shape index (κ3) is 5.39. The SMILES string of the molecule is CS(=O)(=O)N(CC(=O)Nc1ccc(F)c(F)c1)c1ccc(C(F)(F)F)cc1. The molecule has 0 fully saturated rings. The number of rotatable bonds is 5. The van der Waals surface area contributed by atoms with E-state index in [0.717, 1.165) is 30.5 Å². The van der Waals surface area contributed by atoms with Crippen LogP contribution in [0.5, 0.6) is 0 Å². The minimum Gasteiger partial charge on any atom is -0.324 e. The Morgan fingerprint density at radius 3 is 2.11 bits per heavy atom. The number of carbonyl (C=O) groups is 1. The van der Waals surface area contributed by atoms with E-state index in [1.165, 1.54) is 0 Å². The number of nitrogens with one attached hydrogen (secondary N) is 1. The van der Waals surface area contributed by atoms with E-state index in [0.29, 0.717) is 22.5 Å². The number of halogens is 5. The van der Waals surface area contributed by atoms with Gasteiger partial charge >= 0.3 is 6.18 Å². The zero-order valence-corrected chi connectivity index (χ0v) is 14.5. The van der Waals surface area contributed by atoms with Gasteiger partial charge in [0.2, 0.25) is 15.9 Å². The van der Waals surface area contributed by atoms with E-state index < -0.39 is 45.8 Å². The first-order valence-corrected chi connectivity index (χ1v) is 9.12. The van der Waals surface area contributed by atoms with Gasteiger partial charge in [-0.1, -0.05) is 0 Å². The van der Waals surface area contributed by atoms with Crippen molar-refractivity contribution in [1.82, 2.24) is 0 Å². The molecule has 11 heteroatoms. The lowest BCUT2D eigenvalue weighted by atomic mass is 10.2. The van der Waals surface area contributed by atoms with Crippen LogP contribution in [0.3, 0.4) is 0 Å². The molecule has 27 heavy (non-hydrogen) atoms. The summed E-state index contributed by atoms with van der Waals surface area (Å²) in [5.74, 6) is -3.24. The van der Waals surface area contributed by atoms with Gasteiger partial charge in [0, 0.05) is 11.8 Å². The average Bonchev–Trinajstić information content (AvgIpc) is 2.54. The van der Waals surface area contributed by atoms with Crippen molar-refractivity contribution in [2.75, 3.05) is 22.4 Å². The van der Waals surface area contributed by atoms with Gasteiger partial charge in [0.1, 0.15) is 6.54 Å². The monoisotopic (exact) mass is 408 g/mol. The standard InChI is InChI=1S/C16H13F5N2O3S/c1-27(25,26)23(12-5-2-10(3-6-12)16(19,20)21)9-15(24)22-11-4-7-13(17)14(18)8-11/h2-8H,9H2,1H3,(H,22,24). The Labute approximate surface area is 151 Å². The van der Waals surface area contributed by atoms with Gasteiger partial charge in [0.15, 0.2) is 11.6 Å². The normalized spacial score (nSPS) is 11.9. The van der Waals surface area contributed by atoms with Gasteiger partial charge in [-0.3, -0.25) is 9.10 Å². The number of hydrogen-bond donors (Lipinski definition) is 1. The average molecular weight is 408 g/mol. The van der Waals surface area contributed by atoms with E-state index >= 15 is 0 Å². The maximum absolute atomic E-state index is 13.2. The third-order valence-electron chi connectivity index (χ3n) is 3.37. The molecule has 0 unspecified atom stereocenters. The minimum absolute atomic E-state index is 0.111. The second-order valence-electron chi connectivity index (χ2n) is 5.49. The second-order valence-corrected chi connectivity index (χ2v) is 7.40. The van der Waals surface area contributed by atoms with E-state index in [1.54, 1.807) is 0 Å². The van der Waals surface area contributed by atoms with Crippen LogP contribution in [0.15, 0.2) is 42.5 Å². The van der Waals surface area contributed by atoms with Crippen molar-refractivity contribution in [3.8, 4) is 0 Å². The maximum Gasteiger partial charge on any atom is 0.416 e. The van der Waals surface area contributed by atoms with Crippen LogP contribution in [0.2, 0.25) is 0 Å². The van der Waals surface area contributed by atoms with Gasteiger partial charge in [-0.05, 0) is 36.4 Å². The van der Waals surface area contributed by atoms with Crippen LogP contribution in [0.25, 0.3) is 0 Å². The lowest BCUT2D eigenvalue weighted by Gasteiger charge is -2.22. The van der Waals surface area contributed by atoms with Crippen molar-refractivity contribution in [2.45, 2.75) is 6.18 Å². The Morgan fingerprint density at radius 2 is 1.63 bits per heavy atom. The maximum atomic E-state index is 13.2. The molecule has 0 bridgehead atoms. The van der Waals surface area contributed by atoms with Crippen molar-refractivity contribution in [3.63, 3.8) is 0 Å². The summed E-state index contributed by atoms with van der Waals surface area (Å²) in [6.07, 6.45) is -3.83. The molecule has 0 spiro atoms. The van der Waals surface area contributed by atoms with Crippen LogP contribution < -0.4 is 9.62 Å². The number of anilines is 2. The summed E-state index contributed by atoms with van der Waals surface area (Å²) in [6, 6.07) is 5.73. The summed E-state index contributed by atoms with van der Waals surface area (Å²) >= 11 is 0. The first-order chi connectivity index (χ1) is 12.4. The molecule has 0 aliphatic heterocycles. The highest BCUT2D eigenvalue weighted by molar-refractivity contribution is 7.92. The second kappa shape index (κ2) is 7.51. The topological polar surface area (TPSA) is 66.5 Å². The van der Waals surface area contributed by atoms with Gasteiger partial charge < -0.3 is 5.32 Å². The molecule has 0 aliphatic rings. The quantitative estimate of drug-likeness (QED) is 0.772. The number of hydrogen-bond acceptors (Lipinski definition) is 3. The minimum atomic E-state index is -4.60. The molecule has 2 aromatic carbocycles. The highest BCUT2D eigenvalue weighted by Gasteiger charge is 2.30. The van der Waals surface area contributed by atoms with Gasteiger partial charge in [-0.2, -0.15) is 13.2 Å². The molecule has 0 saturated heterocycles. The fraction of sp³-hybridized carbons (Fsp3) is 0.188. The molecule has 0 radical (unpaired) electrons. The van der Waals surface area contributed by atoms with Crippen LogP contribution >= 0.6 is 0 Å². The van der Waals surface area contributed by atoms with Gasteiger partial charge in [-0.15, -0.1) is 0 Å². The van der Waals surface area contributed by atoms with Gasteiger partial charge in [0.05, 0.1) is 17.5 Å². The van der Waals surface area contributed by atoms with E-state index in [9.17, 15) is 35.2 Å². The highest BCUT2D eigenvalue weighted by atomic mass is 32.2. The van der Waals surface area contributed by atoms with E-state index in [2.05, 4.69) is 5.32 Å². The van der Waals surface area contributed by atoms with Crippen LogP contribution in [-0.2, 0) is 21.0 Å². The Hall–Kier alpha value is -2.69. The Kier molecular flexibility index (Phi) is 5.73. The van der Waals surface area contributed by atoms with Gasteiger partial charge in [0.25, 0.3) is 0 Å². The molecular weight excluding hydrogens is 395 g/mol. The van der Waals surface area contributed by atoms with Crippen LogP contribution in [0, 0.1) is 11.6 Å². The number of nitrogens with zero attached hydrogens (tertiary/aromatic N) is 1. The molecule has 0 heterocycles. The molecule has 146 valence electrons. The molecule has 0 atom stereocenters. The molecule has 0 saturated carbocycles. The summed E-state index contributed by atoms with van der Waals surface area (Å²) in [5, 5.41) is 2.19. The number of sulfonamides is 1. The van der Waals surface area contributed by atoms with Crippen molar-refractivity contribution >= 4 is 27.3 Å². The lowest BCUT2D eigenvalue weighted by molar-refractivity contribution is -0.137. The van der Waals surface area contributed by atoms with E-state index in [4.69, 9.17) is 0 Å². The molecule has 1 amide bonds. The number of carbonyl (C=O) groups excluding carboxylic acids is 1. The molecule has 2 rings (SSSR count). The summed E-state index contributed by atoms with van der Waals surface area (Å²) in [7, 11) is -4.01. The first kappa shape index (κ1) is 20.6. The smallest absolute Gasteiger partial charge is 0.324 e. The zero-order chi connectivity index (χ0) is 20.4. The molecule has 2 aromatic rings. The highest BCUT2D eigenvalue weighted by Crippen LogP contribution is 2.31. The first-order valence-electron chi connectivity index (χ1n) is 7.28. The van der Waals surface area contributed by atoms with Crippen LogP contribution in [-0.4, -0.2) is 27.1 Å². The fourth-order valence-corrected chi connectivity index (χ4v) is 2.98. The summed E-state index contributed by atoms with van der Waals surface area (Å²) in [6.45, 7) is -0.775. The Bertz CT molecular complexity index is 944. The Balaban J connectivity index is 2.22. The summed E-state index contributed by atoms with van der Waals surface area (Å²) in [4.78, 5) is 12.1. The predicted octanol–water partition coefficient (Wildman–Crippen LogP) is 3.39. The number of amides is 1. The van der Waals surface area contributed by atoms with Crippen LogP contribution in [0.1, 0.15) is 5.56 Å². The predicted molar refractivity (Wildman–Crippen MR) is 88.6 cm³/mol. The number of benzene rings is 2. The van der Waals surface area contributed by atoms with Crippen molar-refractivity contribution in [2.24, 2.45) is 0 Å². The lowest BCUT2D eigenvalue weighted by Crippen LogP contribution is -2.37.